The molecule has 1 aliphatic rings. The van der Waals surface area contributed by atoms with Gasteiger partial charge in [-0.05, 0) is 46.6 Å². The molecule has 2 atom stereocenters. The molecule has 2 amide bonds. The van der Waals surface area contributed by atoms with Crippen molar-refractivity contribution in [2.75, 3.05) is 18.6 Å². The second-order valence-corrected chi connectivity index (χ2v) is 9.75. The van der Waals surface area contributed by atoms with Crippen molar-refractivity contribution in [2.24, 2.45) is 5.92 Å². The van der Waals surface area contributed by atoms with Gasteiger partial charge in [0.1, 0.15) is 12.6 Å². The molecule has 0 fully saturated rings. The smallest absolute Gasteiger partial charge is 0.407 e. The van der Waals surface area contributed by atoms with Crippen LogP contribution in [-0.2, 0) is 14.3 Å². The Kier molecular flexibility index (Phi) is 8.98. The minimum atomic E-state index is -1.06. The van der Waals surface area contributed by atoms with Gasteiger partial charge in [0, 0.05) is 18.4 Å². The SMILES string of the molecule is CSCCC(NC(=O)C[C@H](NC(=O)OCC1c2ccccc2-c2ccccc21)C(C)C)C(=O)O. The summed E-state index contributed by atoms with van der Waals surface area (Å²) >= 11 is 1.52. The molecule has 8 heteroatoms. The van der Waals surface area contributed by atoms with E-state index in [1.54, 1.807) is 0 Å². The molecule has 0 saturated heterocycles. The lowest BCUT2D eigenvalue weighted by Gasteiger charge is -2.23. The molecule has 0 spiro atoms. The van der Waals surface area contributed by atoms with E-state index < -0.39 is 30.1 Å². The third-order valence-electron chi connectivity index (χ3n) is 6.10. The maximum atomic E-state index is 12.6. The van der Waals surface area contributed by atoms with Crippen molar-refractivity contribution in [3.63, 3.8) is 0 Å². The Labute approximate surface area is 204 Å². The largest absolute Gasteiger partial charge is 0.480 e. The number of benzene rings is 2. The van der Waals surface area contributed by atoms with Crippen LogP contribution in [0.5, 0.6) is 0 Å². The number of fused-ring (bicyclic) bond motifs is 3. The molecule has 3 N–H and O–H groups in total. The van der Waals surface area contributed by atoms with Gasteiger partial charge in [0.05, 0.1) is 0 Å². The van der Waals surface area contributed by atoms with Crippen molar-refractivity contribution in [3.8, 4) is 11.1 Å². The molecule has 0 aliphatic heterocycles. The van der Waals surface area contributed by atoms with Gasteiger partial charge < -0.3 is 20.5 Å². The lowest BCUT2D eigenvalue weighted by molar-refractivity contribution is -0.142. The zero-order chi connectivity index (χ0) is 24.7. The highest BCUT2D eigenvalue weighted by Crippen LogP contribution is 2.44. The van der Waals surface area contributed by atoms with E-state index in [0.29, 0.717) is 12.2 Å². The monoisotopic (exact) mass is 484 g/mol. The molecule has 34 heavy (non-hydrogen) atoms. The van der Waals surface area contributed by atoms with Gasteiger partial charge in [0.15, 0.2) is 0 Å². The number of amides is 2. The minimum Gasteiger partial charge on any atom is -0.480 e. The van der Waals surface area contributed by atoms with Gasteiger partial charge in [-0.25, -0.2) is 9.59 Å². The van der Waals surface area contributed by atoms with Crippen LogP contribution in [0.15, 0.2) is 48.5 Å². The molecular formula is C26H32N2O5S. The molecule has 0 radical (unpaired) electrons. The van der Waals surface area contributed by atoms with Crippen LogP contribution in [0.3, 0.4) is 0 Å². The summed E-state index contributed by atoms with van der Waals surface area (Å²) in [5.74, 6) is -0.936. The zero-order valence-electron chi connectivity index (χ0n) is 19.7. The summed E-state index contributed by atoms with van der Waals surface area (Å²) < 4.78 is 5.60. The highest BCUT2D eigenvalue weighted by Gasteiger charge is 2.30. The number of rotatable bonds is 11. The normalized spacial score (nSPS) is 14.1. The van der Waals surface area contributed by atoms with Gasteiger partial charge in [-0.2, -0.15) is 11.8 Å². The van der Waals surface area contributed by atoms with Crippen molar-refractivity contribution < 1.29 is 24.2 Å². The van der Waals surface area contributed by atoms with Crippen molar-refractivity contribution in [1.29, 1.82) is 0 Å². The van der Waals surface area contributed by atoms with Crippen LogP contribution in [0.2, 0.25) is 0 Å². The van der Waals surface area contributed by atoms with Crippen molar-refractivity contribution in [2.45, 2.75) is 44.7 Å². The highest BCUT2D eigenvalue weighted by molar-refractivity contribution is 7.98. The van der Waals surface area contributed by atoms with Crippen LogP contribution >= 0.6 is 11.8 Å². The van der Waals surface area contributed by atoms with Gasteiger partial charge in [-0.3, -0.25) is 4.79 Å². The molecule has 0 saturated carbocycles. The van der Waals surface area contributed by atoms with Gasteiger partial charge in [0.25, 0.3) is 0 Å². The van der Waals surface area contributed by atoms with E-state index >= 15 is 0 Å². The Morgan fingerprint density at radius 3 is 2.12 bits per heavy atom. The van der Waals surface area contributed by atoms with Crippen LogP contribution in [0.4, 0.5) is 4.79 Å². The number of hydrogen-bond acceptors (Lipinski definition) is 5. The zero-order valence-corrected chi connectivity index (χ0v) is 20.6. The average Bonchev–Trinajstić information content (AvgIpc) is 3.13. The number of aliphatic carboxylic acids is 1. The predicted molar refractivity (Wildman–Crippen MR) is 134 cm³/mol. The molecule has 2 aromatic carbocycles. The van der Waals surface area contributed by atoms with E-state index in [1.807, 2.05) is 44.4 Å². The van der Waals surface area contributed by atoms with E-state index in [4.69, 9.17) is 4.74 Å². The first-order chi connectivity index (χ1) is 16.3. The van der Waals surface area contributed by atoms with Crippen LogP contribution < -0.4 is 10.6 Å². The van der Waals surface area contributed by atoms with E-state index in [1.165, 1.54) is 11.8 Å². The maximum Gasteiger partial charge on any atom is 0.407 e. The number of carboxylic acid groups (broad SMARTS) is 1. The fourth-order valence-corrected chi connectivity index (χ4v) is 4.66. The molecule has 1 unspecified atom stereocenters. The van der Waals surface area contributed by atoms with E-state index in [9.17, 15) is 19.5 Å². The number of ether oxygens (including phenoxy) is 1. The van der Waals surface area contributed by atoms with E-state index in [-0.39, 0.29) is 24.9 Å². The third kappa shape index (κ3) is 6.32. The number of carboxylic acids is 1. The van der Waals surface area contributed by atoms with Crippen molar-refractivity contribution >= 4 is 29.7 Å². The second kappa shape index (κ2) is 11.9. The van der Waals surface area contributed by atoms with Crippen LogP contribution in [0.1, 0.15) is 43.7 Å². The average molecular weight is 485 g/mol. The summed E-state index contributed by atoms with van der Waals surface area (Å²) in [5, 5.41) is 14.7. The van der Waals surface area contributed by atoms with Gasteiger partial charge in [0.2, 0.25) is 5.91 Å². The number of hydrogen-bond donors (Lipinski definition) is 3. The predicted octanol–water partition coefficient (Wildman–Crippen LogP) is 4.26. The summed E-state index contributed by atoms with van der Waals surface area (Å²) in [6, 6.07) is 14.8. The molecule has 3 rings (SSSR count). The number of alkyl carbamates (subject to hydrolysis) is 1. The Bertz CT molecular complexity index is 980. The Balaban J connectivity index is 1.58. The number of carbonyl (C=O) groups excluding carboxylic acids is 2. The van der Waals surface area contributed by atoms with E-state index in [0.717, 1.165) is 22.3 Å². The van der Waals surface area contributed by atoms with Crippen molar-refractivity contribution in [3.05, 3.63) is 59.7 Å². The standard InChI is InChI=1S/C26H32N2O5S/c1-16(2)23(14-24(29)27-22(25(30)31)12-13-34-3)28-26(32)33-15-21-19-10-6-4-8-17(19)18-9-5-7-11-20(18)21/h4-11,16,21-23H,12-15H2,1-3H3,(H,27,29)(H,28,32)(H,30,31)/t22?,23-/m0/s1. The fraction of sp³-hybridized carbons (Fsp3) is 0.423. The first-order valence-corrected chi connectivity index (χ1v) is 12.8. The lowest BCUT2D eigenvalue weighted by atomic mass is 9.98. The molecule has 182 valence electrons. The molecule has 1 aliphatic carbocycles. The molecular weight excluding hydrogens is 452 g/mol. The topological polar surface area (TPSA) is 105 Å². The van der Waals surface area contributed by atoms with Gasteiger partial charge in [-0.1, -0.05) is 62.4 Å². The third-order valence-corrected chi connectivity index (χ3v) is 6.74. The molecule has 7 nitrogen and oxygen atoms in total. The molecule has 2 aromatic rings. The lowest BCUT2D eigenvalue weighted by Crippen LogP contribution is -2.46. The maximum absolute atomic E-state index is 12.6. The first kappa shape index (κ1) is 25.6. The molecule has 0 bridgehead atoms. The van der Waals surface area contributed by atoms with Crippen molar-refractivity contribution in [1.82, 2.24) is 10.6 Å². The van der Waals surface area contributed by atoms with Crippen LogP contribution in [-0.4, -0.2) is 53.8 Å². The Morgan fingerprint density at radius 1 is 1.00 bits per heavy atom. The molecule has 0 aromatic heterocycles. The van der Waals surface area contributed by atoms with Crippen LogP contribution in [0, 0.1) is 5.92 Å². The molecule has 0 heterocycles. The number of carbonyl (C=O) groups is 3. The number of thioether (sulfide) groups is 1. The van der Waals surface area contributed by atoms with Gasteiger partial charge in [-0.15, -0.1) is 0 Å². The first-order valence-electron chi connectivity index (χ1n) is 11.4. The summed E-state index contributed by atoms with van der Waals surface area (Å²) in [5.41, 5.74) is 4.55. The van der Waals surface area contributed by atoms with Gasteiger partial charge >= 0.3 is 12.1 Å². The Morgan fingerprint density at radius 2 is 1.59 bits per heavy atom. The summed E-state index contributed by atoms with van der Waals surface area (Å²) in [6.07, 6.45) is 1.61. The Hall–Kier alpha value is -3.00. The minimum absolute atomic E-state index is 0.0229. The van der Waals surface area contributed by atoms with E-state index in [2.05, 4.69) is 34.9 Å². The summed E-state index contributed by atoms with van der Waals surface area (Å²) in [7, 11) is 0. The summed E-state index contributed by atoms with van der Waals surface area (Å²) in [4.78, 5) is 36.5. The second-order valence-electron chi connectivity index (χ2n) is 8.76. The summed E-state index contributed by atoms with van der Waals surface area (Å²) in [6.45, 7) is 3.97. The highest BCUT2D eigenvalue weighted by atomic mass is 32.2. The number of nitrogens with one attached hydrogen (secondary N) is 2. The van der Waals surface area contributed by atoms with Crippen LogP contribution in [0.25, 0.3) is 11.1 Å². The quantitative estimate of drug-likeness (QED) is 0.440. The fourth-order valence-electron chi connectivity index (χ4n) is 4.19.